The van der Waals surface area contributed by atoms with E-state index in [1.807, 2.05) is 0 Å². The number of nitrogens with zero attached hydrogens (tertiary/aromatic N) is 1. The number of carbonyl (C=O) groups is 1. The largest absolute Gasteiger partial charge is 0.328 e. The van der Waals surface area contributed by atoms with Gasteiger partial charge in [0, 0.05) is 5.69 Å². The van der Waals surface area contributed by atoms with Crippen molar-refractivity contribution in [2.24, 2.45) is 0 Å². The number of unbranched alkanes of at least 4 members (excludes halogenated alkanes) is 1. The Morgan fingerprint density at radius 3 is 2.71 bits per heavy atom. The van der Waals surface area contributed by atoms with Crippen molar-refractivity contribution >= 4 is 12.1 Å². The molecule has 0 aliphatic carbocycles. The normalized spacial score (nSPS) is 15.3. The highest BCUT2D eigenvalue weighted by atomic mass is 16.1. The average molecular weight is 288 g/mol. The van der Waals surface area contributed by atoms with E-state index in [1.54, 1.807) is 0 Å². The first kappa shape index (κ1) is 16.0. The van der Waals surface area contributed by atoms with Gasteiger partial charge in [-0.1, -0.05) is 25.5 Å². The van der Waals surface area contributed by atoms with Crippen LogP contribution in [0.5, 0.6) is 0 Å². The van der Waals surface area contributed by atoms with Crippen molar-refractivity contribution in [3.8, 4) is 0 Å². The van der Waals surface area contributed by atoms with Gasteiger partial charge in [0.05, 0.1) is 0 Å². The number of rotatable bonds is 9. The minimum atomic E-state index is 0.790. The Balaban J connectivity index is 1.89. The lowest BCUT2D eigenvalue weighted by molar-refractivity contribution is -0.105. The lowest BCUT2D eigenvalue weighted by Gasteiger charge is -2.15. The van der Waals surface area contributed by atoms with Crippen molar-refractivity contribution in [3.05, 3.63) is 29.3 Å². The number of anilines is 1. The number of hydrogen-bond acceptors (Lipinski definition) is 2. The molecule has 0 saturated carbocycles. The number of nitrogens with one attached hydrogen (secondary N) is 1. The summed E-state index contributed by atoms with van der Waals surface area (Å²) >= 11 is 0. The van der Waals surface area contributed by atoms with Crippen molar-refractivity contribution in [3.63, 3.8) is 0 Å². The Labute approximate surface area is 128 Å². The van der Waals surface area contributed by atoms with Gasteiger partial charge >= 0.3 is 0 Å². The number of hydrogen-bond donors (Lipinski definition) is 1. The maximum atomic E-state index is 10.8. The summed E-state index contributed by atoms with van der Waals surface area (Å²) in [5.41, 5.74) is 3.59. The molecule has 1 N–H and O–H groups in total. The SMILES string of the molecule is CCCCc1ccc(CCCN2CCCC2)cc1NC=O. The third-order valence-corrected chi connectivity index (χ3v) is 4.33. The minimum Gasteiger partial charge on any atom is -0.328 e. The van der Waals surface area contributed by atoms with Gasteiger partial charge in [-0.25, -0.2) is 0 Å². The van der Waals surface area contributed by atoms with Gasteiger partial charge in [-0.05, 0) is 75.4 Å². The maximum absolute atomic E-state index is 10.8. The second-order valence-corrected chi connectivity index (χ2v) is 6.01. The molecular formula is C18H28N2O. The van der Waals surface area contributed by atoms with E-state index >= 15 is 0 Å². The van der Waals surface area contributed by atoms with E-state index in [9.17, 15) is 4.79 Å². The van der Waals surface area contributed by atoms with Crippen LogP contribution in [0.15, 0.2) is 18.2 Å². The molecule has 0 bridgehead atoms. The Morgan fingerprint density at radius 1 is 1.19 bits per heavy atom. The molecule has 1 heterocycles. The fraction of sp³-hybridized carbons (Fsp3) is 0.611. The molecule has 1 fully saturated rings. The van der Waals surface area contributed by atoms with Gasteiger partial charge in [0.15, 0.2) is 0 Å². The Morgan fingerprint density at radius 2 is 2.00 bits per heavy atom. The third-order valence-electron chi connectivity index (χ3n) is 4.33. The van der Waals surface area contributed by atoms with E-state index in [0.717, 1.165) is 24.9 Å². The summed E-state index contributed by atoms with van der Waals surface area (Å²) in [5.74, 6) is 0. The average Bonchev–Trinajstić information content (AvgIpc) is 3.00. The first-order valence-electron chi connectivity index (χ1n) is 8.38. The summed E-state index contributed by atoms with van der Waals surface area (Å²) in [6.07, 6.45) is 9.20. The summed E-state index contributed by atoms with van der Waals surface area (Å²) in [4.78, 5) is 13.3. The van der Waals surface area contributed by atoms with E-state index in [1.165, 1.54) is 62.9 Å². The molecule has 0 atom stereocenters. The highest BCUT2D eigenvalue weighted by molar-refractivity contribution is 5.73. The third kappa shape index (κ3) is 5.16. The number of carbonyl (C=O) groups excluding carboxylic acids is 1. The molecule has 1 aromatic carbocycles. The molecule has 1 aliphatic heterocycles. The molecule has 1 aliphatic rings. The van der Waals surface area contributed by atoms with Crippen molar-refractivity contribution in [1.29, 1.82) is 0 Å². The zero-order chi connectivity index (χ0) is 14.9. The molecule has 0 aromatic heterocycles. The lowest BCUT2D eigenvalue weighted by Crippen LogP contribution is -2.20. The number of benzene rings is 1. The minimum absolute atomic E-state index is 0.790. The van der Waals surface area contributed by atoms with Gasteiger partial charge in [0.1, 0.15) is 0 Å². The standard InChI is InChI=1S/C18H28N2O/c1-2-3-8-17-10-9-16(14-18(17)19-15-21)7-6-13-20-11-4-5-12-20/h9-10,14-15H,2-8,11-13H2,1H3,(H,19,21). The molecule has 0 unspecified atom stereocenters. The molecule has 0 radical (unpaired) electrons. The van der Waals surface area contributed by atoms with Crippen molar-refractivity contribution < 1.29 is 4.79 Å². The Bertz CT molecular complexity index is 439. The van der Waals surface area contributed by atoms with Gasteiger partial charge in [0.2, 0.25) is 6.41 Å². The number of amides is 1. The van der Waals surface area contributed by atoms with Gasteiger partial charge < -0.3 is 10.2 Å². The zero-order valence-electron chi connectivity index (χ0n) is 13.2. The van der Waals surface area contributed by atoms with Crippen LogP contribution in [0, 0.1) is 0 Å². The molecule has 1 saturated heterocycles. The lowest BCUT2D eigenvalue weighted by atomic mass is 10.0. The van der Waals surface area contributed by atoms with Gasteiger partial charge in [-0.15, -0.1) is 0 Å². The molecule has 2 rings (SSSR count). The fourth-order valence-electron chi connectivity index (χ4n) is 3.08. The predicted molar refractivity (Wildman–Crippen MR) is 88.7 cm³/mol. The van der Waals surface area contributed by atoms with Crippen LogP contribution in [0.25, 0.3) is 0 Å². The Kier molecular flexibility index (Phi) is 6.74. The maximum Gasteiger partial charge on any atom is 0.211 e. The van der Waals surface area contributed by atoms with Crippen LogP contribution in [0.2, 0.25) is 0 Å². The second-order valence-electron chi connectivity index (χ2n) is 6.01. The van der Waals surface area contributed by atoms with Crippen molar-refractivity contribution in [2.75, 3.05) is 25.0 Å². The van der Waals surface area contributed by atoms with E-state index in [-0.39, 0.29) is 0 Å². The van der Waals surface area contributed by atoms with Crippen LogP contribution in [0.3, 0.4) is 0 Å². The van der Waals surface area contributed by atoms with Crippen LogP contribution in [-0.4, -0.2) is 30.9 Å². The van der Waals surface area contributed by atoms with Crippen LogP contribution in [0.1, 0.15) is 50.2 Å². The summed E-state index contributed by atoms with van der Waals surface area (Å²) in [6.45, 7) is 5.94. The van der Waals surface area contributed by atoms with E-state index in [2.05, 4.69) is 35.3 Å². The van der Waals surface area contributed by atoms with Gasteiger partial charge in [-0.3, -0.25) is 4.79 Å². The first-order valence-corrected chi connectivity index (χ1v) is 8.38. The van der Waals surface area contributed by atoms with Crippen molar-refractivity contribution in [1.82, 2.24) is 4.90 Å². The Hall–Kier alpha value is -1.35. The van der Waals surface area contributed by atoms with Gasteiger partial charge in [0.25, 0.3) is 0 Å². The highest BCUT2D eigenvalue weighted by Crippen LogP contribution is 2.21. The monoisotopic (exact) mass is 288 g/mol. The molecule has 116 valence electrons. The first-order chi connectivity index (χ1) is 10.3. The molecule has 3 nitrogen and oxygen atoms in total. The quantitative estimate of drug-likeness (QED) is 0.704. The summed E-state index contributed by atoms with van der Waals surface area (Å²) in [7, 11) is 0. The van der Waals surface area contributed by atoms with E-state index in [0.29, 0.717) is 0 Å². The topological polar surface area (TPSA) is 32.3 Å². The number of aryl methyl sites for hydroxylation is 2. The zero-order valence-corrected chi connectivity index (χ0v) is 13.2. The van der Waals surface area contributed by atoms with Crippen LogP contribution < -0.4 is 5.32 Å². The number of likely N-dealkylation sites (tertiary alicyclic amines) is 1. The van der Waals surface area contributed by atoms with Gasteiger partial charge in [-0.2, -0.15) is 0 Å². The van der Waals surface area contributed by atoms with Crippen LogP contribution >= 0.6 is 0 Å². The molecule has 1 amide bonds. The highest BCUT2D eigenvalue weighted by Gasteiger charge is 2.10. The molecule has 1 aromatic rings. The molecule has 3 heteroatoms. The molecule has 0 spiro atoms. The fourth-order valence-corrected chi connectivity index (χ4v) is 3.08. The molecular weight excluding hydrogens is 260 g/mol. The van der Waals surface area contributed by atoms with Crippen LogP contribution in [0.4, 0.5) is 5.69 Å². The summed E-state index contributed by atoms with van der Waals surface area (Å²) < 4.78 is 0. The molecule has 21 heavy (non-hydrogen) atoms. The van der Waals surface area contributed by atoms with Crippen molar-refractivity contribution in [2.45, 2.75) is 51.9 Å². The smallest absolute Gasteiger partial charge is 0.211 e. The van der Waals surface area contributed by atoms with Crippen LogP contribution in [-0.2, 0) is 17.6 Å². The van der Waals surface area contributed by atoms with E-state index in [4.69, 9.17) is 0 Å². The summed E-state index contributed by atoms with van der Waals surface area (Å²) in [5, 5.41) is 2.87. The van der Waals surface area contributed by atoms with E-state index < -0.39 is 0 Å². The summed E-state index contributed by atoms with van der Waals surface area (Å²) in [6, 6.07) is 6.57. The predicted octanol–water partition coefficient (Wildman–Crippen LogP) is 3.63. The second kappa shape index (κ2) is 8.83.